The SMILES string of the molecule is CCCCCNC(=O)[C@@H](C#N)c1nc2ccccc2nc1N(CCCC)CCCC. The van der Waals surface area contributed by atoms with Gasteiger partial charge in [-0.05, 0) is 31.4 Å². The third-order valence-electron chi connectivity index (χ3n) is 5.19. The quantitative estimate of drug-likeness (QED) is 0.473. The molecule has 0 aliphatic heterocycles. The zero-order chi connectivity index (χ0) is 21.8. The van der Waals surface area contributed by atoms with Gasteiger partial charge in [-0.3, -0.25) is 4.79 Å². The van der Waals surface area contributed by atoms with Crippen LogP contribution in [-0.4, -0.2) is 35.5 Å². The lowest BCUT2D eigenvalue weighted by Crippen LogP contribution is -2.33. The lowest BCUT2D eigenvalue weighted by molar-refractivity contribution is -0.121. The smallest absolute Gasteiger partial charge is 0.243 e. The van der Waals surface area contributed by atoms with Crippen LogP contribution >= 0.6 is 0 Å². The van der Waals surface area contributed by atoms with Gasteiger partial charge in [0, 0.05) is 19.6 Å². The maximum Gasteiger partial charge on any atom is 0.243 e. The number of anilines is 1. The zero-order valence-corrected chi connectivity index (χ0v) is 18.7. The maximum atomic E-state index is 12.9. The number of unbranched alkanes of at least 4 members (excludes halogenated alkanes) is 4. The van der Waals surface area contributed by atoms with Crippen LogP contribution in [0.3, 0.4) is 0 Å². The molecule has 162 valence electrons. The van der Waals surface area contributed by atoms with Gasteiger partial charge < -0.3 is 10.2 Å². The van der Waals surface area contributed by atoms with Gasteiger partial charge in [-0.2, -0.15) is 5.26 Å². The number of aromatic nitrogens is 2. The Bertz CT molecular complexity index is 837. The fraction of sp³-hybridized carbons (Fsp3) is 0.583. The van der Waals surface area contributed by atoms with Crippen molar-refractivity contribution < 1.29 is 4.79 Å². The second-order valence-corrected chi connectivity index (χ2v) is 7.68. The molecule has 0 saturated heterocycles. The van der Waals surface area contributed by atoms with Crippen molar-refractivity contribution in [2.75, 3.05) is 24.5 Å². The molecular formula is C24H35N5O. The van der Waals surface area contributed by atoms with Crippen LogP contribution in [0.1, 0.15) is 77.3 Å². The minimum atomic E-state index is -0.968. The lowest BCUT2D eigenvalue weighted by Gasteiger charge is -2.26. The van der Waals surface area contributed by atoms with Crippen molar-refractivity contribution >= 4 is 22.8 Å². The van der Waals surface area contributed by atoms with Crippen LogP contribution in [0.2, 0.25) is 0 Å². The summed E-state index contributed by atoms with van der Waals surface area (Å²) in [7, 11) is 0. The van der Waals surface area contributed by atoms with E-state index in [2.05, 4.69) is 37.1 Å². The maximum absolute atomic E-state index is 12.9. The predicted octanol–water partition coefficient (Wildman–Crippen LogP) is 4.95. The second kappa shape index (κ2) is 12.8. The summed E-state index contributed by atoms with van der Waals surface area (Å²) in [5.41, 5.74) is 1.96. The molecule has 1 atom stereocenters. The van der Waals surface area contributed by atoms with Crippen LogP contribution in [0.25, 0.3) is 11.0 Å². The van der Waals surface area contributed by atoms with Crippen LogP contribution in [0.5, 0.6) is 0 Å². The van der Waals surface area contributed by atoms with Crippen LogP contribution in [0, 0.1) is 11.3 Å². The number of carbonyl (C=O) groups is 1. The summed E-state index contributed by atoms with van der Waals surface area (Å²) < 4.78 is 0. The standard InChI is InChI=1S/C24H35N5O/c1-4-7-12-15-26-24(30)19(18-25)22-23(29(16-8-5-2)17-9-6-3)28-21-14-11-10-13-20(21)27-22/h10-11,13-14,19H,4-9,12,15-17H2,1-3H3,(H,26,30)/t19-/m0/s1. The van der Waals surface area contributed by atoms with E-state index >= 15 is 0 Å². The molecule has 1 amide bonds. The molecule has 1 heterocycles. The van der Waals surface area contributed by atoms with Gasteiger partial charge in [0.15, 0.2) is 11.7 Å². The Morgan fingerprint density at radius 2 is 1.60 bits per heavy atom. The number of hydrogen-bond acceptors (Lipinski definition) is 5. The Balaban J connectivity index is 2.44. The van der Waals surface area contributed by atoms with Crippen molar-refractivity contribution in [2.45, 2.75) is 71.6 Å². The molecule has 0 aliphatic carbocycles. The predicted molar refractivity (Wildman–Crippen MR) is 122 cm³/mol. The van der Waals surface area contributed by atoms with E-state index in [9.17, 15) is 10.1 Å². The van der Waals surface area contributed by atoms with Crippen LogP contribution in [0.15, 0.2) is 24.3 Å². The Labute approximate surface area is 180 Å². The van der Waals surface area contributed by atoms with Crippen molar-refractivity contribution in [2.24, 2.45) is 0 Å². The molecule has 0 saturated carbocycles. The van der Waals surface area contributed by atoms with E-state index in [1.807, 2.05) is 24.3 Å². The average molecular weight is 410 g/mol. The molecule has 6 heteroatoms. The highest BCUT2D eigenvalue weighted by Gasteiger charge is 2.28. The van der Waals surface area contributed by atoms with Gasteiger partial charge in [0.1, 0.15) is 5.69 Å². The number of nitrogens with one attached hydrogen (secondary N) is 1. The first kappa shape index (κ1) is 23.6. The molecule has 0 unspecified atom stereocenters. The topological polar surface area (TPSA) is 81.9 Å². The third kappa shape index (κ3) is 6.41. The first-order valence-corrected chi connectivity index (χ1v) is 11.3. The van der Waals surface area contributed by atoms with E-state index in [1.54, 1.807) is 0 Å². The van der Waals surface area contributed by atoms with E-state index in [1.165, 1.54) is 0 Å². The molecule has 0 aliphatic rings. The summed E-state index contributed by atoms with van der Waals surface area (Å²) in [6, 6.07) is 9.84. The van der Waals surface area contributed by atoms with Gasteiger partial charge in [0.05, 0.1) is 17.1 Å². The summed E-state index contributed by atoms with van der Waals surface area (Å²) >= 11 is 0. The molecule has 30 heavy (non-hydrogen) atoms. The fourth-order valence-electron chi connectivity index (χ4n) is 3.38. The molecule has 2 aromatic rings. The minimum Gasteiger partial charge on any atom is -0.355 e. The summed E-state index contributed by atoms with van der Waals surface area (Å²) in [5.74, 6) is -0.583. The number of carbonyl (C=O) groups excluding carboxylic acids is 1. The number of nitrogens with zero attached hydrogens (tertiary/aromatic N) is 4. The first-order valence-electron chi connectivity index (χ1n) is 11.3. The Hall–Kier alpha value is -2.68. The molecule has 0 fully saturated rings. The molecular weight excluding hydrogens is 374 g/mol. The number of nitriles is 1. The summed E-state index contributed by atoms with van der Waals surface area (Å²) in [6.45, 7) is 8.70. The molecule has 0 radical (unpaired) electrons. The van der Waals surface area contributed by atoms with Gasteiger partial charge in [0.2, 0.25) is 5.91 Å². The molecule has 1 N–H and O–H groups in total. The van der Waals surface area contributed by atoms with Crippen molar-refractivity contribution in [1.29, 1.82) is 5.26 Å². The number of amides is 1. The van der Waals surface area contributed by atoms with Gasteiger partial charge in [-0.1, -0.05) is 58.6 Å². The van der Waals surface area contributed by atoms with E-state index in [-0.39, 0.29) is 5.91 Å². The summed E-state index contributed by atoms with van der Waals surface area (Å²) in [4.78, 5) is 24.7. The summed E-state index contributed by atoms with van der Waals surface area (Å²) in [6.07, 6.45) is 7.24. The van der Waals surface area contributed by atoms with E-state index in [0.717, 1.165) is 63.6 Å². The highest BCUT2D eigenvalue weighted by molar-refractivity contribution is 5.88. The van der Waals surface area contributed by atoms with Crippen molar-refractivity contribution in [1.82, 2.24) is 15.3 Å². The second-order valence-electron chi connectivity index (χ2n) is 7.68. The van der Waals surface area contributed by atoms with Crippen molar-refractivity contribution in [3.8, 4) is 6.07 Å². The number of para-hydroxylation sites is 2. The van der Waals surface area contributed by atoms with Crippen molar-refractivity contribution in [3.05, 3.63) is 30.0 Å². The Kier molecular flexibility index (Phi) is 10.1. The Morgan fingerprint density at radius 3 is 2.17 bits per heavy atom. The molecule has 2 rings (SSSR count). The Morgan fingerprint density at radius 1 is 1.00 bits per heavy atom. The highest BCUT2D eigenvalue weighted by Crippen LogP contribution is 2.28. The van der Waals surface area contributed by atoms with Crippen LogP contribution < -0.4 is 10.2 Å². The molecule has 6 nitrogen and oxygen atoms in total. The van der Waals surface area contributed by atoms with Crippen LogP contribution in [-0.2, 0) is 4.79 Å². The van der Waals surface area contributed by atoms with E-state index in [4.69, 9.17) is 9.97 Å². The van der Waals surface area contributed by atoms with Gasteiger partial charge in [-0.15, -0.1) is 0 Å². The molecule has 0 spiro atoms. The van der Waals surface area contributed by atoms with Crippen molar-refractivity contribution in [3.63, 3.8) is 0 Å². The number of hydrogen-bond donors (Lipinski definition) is 1. The fourth-order valence-corrected chi connectivity index (χ4v) is 3.38. The molecule has 1 aromatic heterocycles. The molecule has 0 bridgehead atoms. The van der Waals surface area contributed by atoms with E-state index < -0.39 is 5.92 Å². The van der Waals surface area contributed by atoms with Gasteiger partial charge in [-0.25, -0.2) is 9.97 Å². The third-order valence-corrected chi connectivity index (χ3v) is 5.19. The summed E-state index contributed by atoms with van der Waals surface area (Å²) in [5, 5.41) is 12.8. The number of fused-ring (bicyclic) bond motifs is 1. The average Bonchev–Trinajstić information content (AvgIpc) is 2.77. The number of benzene rings is 1. The highest BCUT2D eigenvalue weighted by atomic mass is 16.1. The normalized spacial score (nSPS) is 11.8. The van der Waals surface area contributed by atoms with E-state index in [0.29, 0.717) is 23.6 Å². The number of rotatable bonds is 13. The first-order chi connectivity index (χ1) is 14.7. The largest absolute Gasteiger partial charge is 0.355 e. The zero-order valence-electron chi connectivity index (χ0n) is 18.7. The minimum absolute atomic E-state index is 0.287. The van der Waals surface area contributed by atoms with Gasteiger partial charge >= 0.3 is 0 Å². The van der Waals surface area contributed by atoms with Crippen LogP contribution in [0.4, 0.5) is 5.82 Å². The molecule has 1 aromatic carbocycles. The lowest BCUT2D eigenvalue weighted by atomic mass is 10.0. The monoisotopic (exact) mass is 409 g/mol. The van der Waals surface area contributed by atoms with Gasteiger partial charge in [0.25, 0.3) is 0 Å².